The van der Waals surface area contributed by atoms with Gasteiger partial charge in [-0.05, 0) is 6.42 Å². The predicted molar refractivity (Wildman–Crippen MR) is 51.9 cm³/mol. The first-order chi connectivity index (χ1) is 6.97. The number of aliphatic hydroxyl groups is 2. The Morgan fingerprint density at radius 3 is 2.47 bits per heavy atom. The summed E-state index contributed by atoms with van der Waals surface area (Å²) in [6.45, 7) is 4.95. The smallest absolute Gasteiger partial charge is 0.305 e. The van der Waals surface area contributed by atoms with Crippen LogP contribution in [0, 0.1) is 5.92 Å². The minimum Gasteiger partial charge on any atom is -0.433 e. The van der Waals surface area contributed by atoms with E-state index in [1.807, 2.05) is 6.92 Å². The number of carbonyl (C=O) groups is 1. The van der Waals surface area contributed by atoms with Crippen LogP contribution in [0.15, 0.2) is 0 Å². The molecule has 1 aliphatic heterocycles. The van der Waals surface area contributed by atoms with E-state index < -0.39 is 24.5 Å². The van der Waals surface area contributed by atoms with Crippen molar-refractivity contribution in [1.82, 2.24) is 0 Å². The number of ether oxygens (including phenoxy) is 2. The molecular formula is C10H18O5. The molecule has 0 bridgehead atoms. The van der Waals surface area contributed by atoms with E-state index in [0.29, 0.717) is 6.42 Å². The normalized spacial score (nSPS) is 41.3. The molecule has 1 rings (SSSR count). The van der Waals surface area contributed by atoms with Crippen LogP contribution >= 0.6 is 0 Å². The average Bonchev–Trinajstić information content (AvgIpc) is 2.18. The van der Waals surface area contributed by atoms with Gasteiger partial charge in [-0.3, -0.25) is 4.79 Å². The summed E-state index contributed by atoms with van der Waals surface area (Å²) in [4.78, 5) is 10.7. The molecular weight excluding hydrogens is 200 g/mol. The van der Waals surface area contributed by atoms with Crippen molar-refractivity contribution in [3.63, 3.8) is 0 Å². The van der Waals surface area contributed by atoms with Gasteiger partial charge in [0.05, 0.1) is 12.2 Å². The second-order valence-electron chi connectivity index (χ2n) is 3.90. The lowest BCUT2D eigenvalue weighted by atomic mass is 9.89. The van der Waals surface area contributed by atoms with Crippen molar-refractivity contribution in [2.75, 3.05) is 0 Å². The van der Waals surface area contributed by atoms with Crippen LogP contribution in [0.3, 0.4) is 0 Å². The fraction of sp³-hybridized carbons (Fsp3) is 0.900. The molecule has 0 aromatic rings. The Balaban J connectivity index is 2.69. The molecule has 0 amide bonds. The zero-order chi connectivity index (χ0) is 11.6. The van der Waals surface area contributed by atoms with Crippen molar-refractivity contribution in [2.45, 2.75) is 51.8 Å². The number of carbonyl (C=O) groups excluding carboxylic acids is 1. The highest BCUT2D eigenvalue weighted by Crippen LogP contribution is 2.28. The van der Waals surface area contributed by atoms with E-state index in [1.165, 1.54) is 6.92 Å². The SMILES string of the molecule is CC[C@@H]1OC(OC(C)=O)[C@@H](O)[C@@H](O)[C@@H]1C. The number of hydrogen-bond acceptors (Lipinski definition) is 5. The fourth-order valence-electron chi connectivity index (χ4n) is 1.80. The second kappa shape index (κ2) is 4.92. The number of aliphatic hydroxyl groups excluding tert-OH is 2. The van der Waals surface area contributed by atoms with Gasteiger partial charge in [-0.15, -0.1) is 0 Å². The van der Waals surface area contributed by atoms with Crippen LogP contribution in [-0.4, -0.2) is 40.8 Å². The van der Waals surface area contributed by atoms with E-state index in [2.05, 4.69) is 0 Å². The lowest BCUT2D eigenvalue weighted by molar-refractivity contribution is -0.274. The predicted octanol–water partition coefficient (Wildman–Crippen LogP) is 0.0423. The topological polar surface area (TPSA) is 76.0 Å². The molecule has 1 fully saturated rings. The van der Waals surface area contributed by atoms with E-state index in [0.717, 1.165) is 0 Å². The maximum absolute atomic E-state index is 10.7. The molecule has 1 saturated heterocycles. The Labute approximate surface area is 89.0 Å². The van der Waals surface area contributed by atoms with Gasteiger partial charge in [0.25, 0.3) is 0 Å². The summed E-state index contributed by atoms with van der Waals surface area (Å²) >= 11 is 0. The fourth-order valence-corrected chi connectivity index (χ4v) is 1.80. The largest absolute Gasteiger partial charge is 0.433 e. The monoisotopic (exact) mass is 218 g/mol. The summed E-state index contributed by atoms with van der Waals surface area (Å²) in [5, 5.41) is 19.3. The van der Waals surface area contributed by atoms with Crippen LogP contribution in [0.4, 0.5) is 0 Å². The third kappa shape index (κ3) is 2.68. The summed E-state index contributed by atoms with van der Waals surface area (Å²) in [5.74, 6) is -0.701. The van der Waals surface area contributed by atoms with Gasteiger partial charge in [0.15, 0.2) is 0 Å². The summed E-state index contributed by atoms with van der Waals surface area (Å²) in [5.41, 5.74) is 0. The molecule has 88 valence electrons. The van der Waals surface area contributed by atoms with Crippen molar-refractivity contribution in [2.24, 2.45) is 5.92 Å². The molecule has 15 heavy (non-hydrogen) atoms. The third-order valence-corrected chi connectivity index (χ3v) is 2.75. The zero-order valence-electron chi connectivity index (χ0n) is 9.21. The Morgan fingerprint density at radius 1 is 1.40 bits per heavy atom. The summed E-state index contributed by atoms with van der Waals surface area (Å²) < 4.78 is 10.2. The first kappa shape index (κ1) is 12.4. The molecule has 0 aromatic heterocycles. The van der Waals surface area contributed by atoms with Gasteiger partial charge in [0, 0.05) is 12.8 Å². The summed E-state index contributed by atoms with van der Waals surface area (Å²) in [6, 6.07) is 0. The molecule has 0 aliphatic carbocycles. The molecule has 5 atom stereocenters. The Kier molecular flexibility index (Phi) is 4.07. The maximum Gasteiger partial charge on any atom is 0.305 e. The first-order valence-electron chi connectivity index (χ1n) is 5.16. The molecule has 0 aromatic carbocycles. The van der Waals surface area contributed by atoms with E-state index in [-0.39, 0.29) is 12.0 Å². The van der Waals surface area contributed by atoms with E-state index in [9.17, 15) is 15.0 Å². The molecule has 0 spiro atoms. The van der Waals surface area contributed by atoms with Crippen LogP contribution in [-0.2, 0) is 14.3 Å². The summed E-state index contributed by atoms with van der Waals surface area (Å²) in [6.07, 6.45) is -2.66. The highest BCUT2D eigenvalue weighted by Gasteiger charge is 2.42. The lowest BCUT2D eigenvalue weighted by Gasteiger charge is -2.40. The van der Waals surface area contributed by atoms with E-state index >= 15 is 0 Å². The quantitative estimate of drug-likeness (QED) is 0.640. The minimum absolute atomic E-state index is 0.170. The number of hydrogen-bond donors (Lipinski definition) is 2. The van der Waals surface area contributed by atoms with Crippen LogP contribution in [0.25, 0.3) is 0 Å². The van der Waals surface area contributed by atoms with Crippen molar-refractivity contribution < 1.29 is 24.5 Å². The van der Waals surface area contributed by atoms with Gasteiger partial charge in [-0.2, -0.15) is 0 Å². The van der Waals surface area contributed by atoms with E-state index in [1.54, 1.807) is 6.92 Å². The van der Waals surface area contributed by atoms with E-state index in [4.69, 9.17) is 9.47 Å². The molecule has 5 heteroatoms. The van der Waals surface area contributed by atoms with Gasteiger partial charge >= 0.3 is 5.97 Å². The van der Waals surface area contributed by atoms with Gasteiger partial charge in [0.1, 0.15) is 6.10 Å². The first-order valence-corrected chi connectivity index (χ1v) is 5.16. The molecule has 1 aliphatic rings. The third-order valence-electron chi connectivity index (χ3n) is 2.75. The average molecular weight is 218 g/mol. The standard InChI is InChI=1S/C10H18O5/c1-4-7-5(2)8(12)9(13)10(15-7)14-6(3)11/h5,7-10,12-13H,4H2,1-3H3/t5-,7+,8+,9+,10?/m1/s1. The molecule has 1 unspecified atom stereocenters. The Bertz CT molecular complexity index is 228. The minimum atomic E-state index is -1.17. The van der Waals surface area contributed by atoms with Crippen LogP contribution in [0.1, 0.15) is 27.2 Å². The van der Waals surface area contributed by atoms with Gasteiger partial charge < -0.3 is 19.7 Å². The molecule has 0 radical (unpaired) electrons. The van der Waals surface area contributed by atoms with Crippen molar-refractivity contribution in [3.8, 4) is 0 Å². The van der Waals surface area contributed by atoms with Crippen molar-refractivity contribution in [3.05, 3.63) is 0 Å². The number of esters is 1. The Morgan fingerprint density at radius 2 is 2.00 bits per heavy atom. The van der Waals surface area contributed by atoms with Crippen molar-refractivity contribution in [1.29, 1.82) is 0 Å². The van der Waals surface area contributed by atoms with Gasteiger partial charge in [0.2, 0.25) is 6.29 Å². The highest BCUT2D eigenvalue weighted by atomic mass is 16.7. The molecule has 0 saturated carbocycles. The van der Waals surface area contributed by atoms with Crippen molar-refractivity contribution >= 4 is 5.97 Å². The zero-order valence-corrected chi connectivity index (χ0v) is 9.21. The second-order valence-corrected chi connectivity index (χ2v) is 3.90. The van der Waals surface area contributed by atoms with Gasteiger partial charge in [-0.1, -0.05) is 13.8 Å². The summed E-state index contributed by atoms with van der Waals surface area (Å²) in [7, 11) is 0. The highest BCUT2D eigenvalue weighted by molar-refractivity contribution is 5.66. The Hall–Kier alpha value is -0.650. The molecule has 1 heterocycles. The molecule has 2 N–H and O–H groups in total. The van der Waals surface area contributed by atoms with Crippen LogP contribution in [0.2, 0.25) is 0 Å². The molecule has 5 nitrogen and oxygen atoms in total. The van der Waals surface area contributed by atoms with Gasteiger partial charge in [-0.25, -0.2) is 0 Å². The number of rotatable bonds is 2. The maximum atomic E-state index is 10.7. The van der Waals surface area contributed by atoms with Crippen LogP contribution in [0.5, 0.6) is 0 Å². The van der Waals surface area contributed by atoms with Crippen LogP contribution < -0.4 is 0 Å². The lowest BCUT2D eigenvalue weighted by Crippen LogP contribution is -2.54.